The molecule has 1 saturated carbocycles. The Morgan fingerprint density at radius 1 is 1.04 bits per heavy atom. The summed E-state index contributed by atoms with van der Waals surface area (Å²) < 4.78 is 53.9. The fraction of sp³-hybridized carbons (Fsp3) is 0.350. The first-order chi connectivity index (χ1) is 13.3. The van der Waals surface area contributed by atoms with E-state index in [1.165, 1.54) is 0 Å². The maximum Gasteiger partial charge on any atom is 0.262 e. The lowest BCUT2D eigenvalue weighted by Gasteiger charge is -2.21. The van der Waals surface area contributed by atoms with E-state index in [9.17, 15) is 22.0 Å². The molecule has 8 heteroatoms. The number of carbonyl (C=O) groups is 1. The largest absolute Gasteiger partial charge is 0.312 e. The van der Waals surface area contributed by atoms with E-state index < -0.39 is 21.7 Å². The second-order valence-corrected chi connectivity index (χ2v) is 8.93. The number of fused-ring (bicyclic) bond motifs is 1. The summed E-state index contributed by atoms with van der Waals surface area (Å²) in [7, 11) is -4.08. The van der Waals surface area contributed by atoms with Crippen LogP contribution in [0, 0.1) is 17.6 Å². The van der Waals surface area contributed by atoms with E-state index in [1.54, 1.807) is 23.1 Å². The van der Waals surface area contributed by atoms with Crippen LogP contribution < -0.4 is 9.62 Å². The molecule has 1 N–H and O–H groups in total. The quantitative estimate of drug-likeness (QED) is 0.839. The van der Waals surface area contributed by atoms with E-state index in [2.05, 4.69) is 4.72 Å². The van der Waals surface area contributed by atoms with Gasteiger partial charge in [0, 0.05) is 18.2 Å². The van der Waals surface area contributed by atoms with Crippen molar-refractivity contribution in [3.05, 3.63) is 53.6 Å². The Hall–Kier alpha value is -2.48. The molecule has 0 aromatic heterocycles. The molecule has 1 heterocycles. The molecule has 0 spiro atoms. The molecule has 2 aliphatic rings. The molecule has 2 aromatic carbocycles. The number of halogens is 2. The minimum Gasteiger partial charge on any atom is -0.312 e. The lowest BCUT2D eigenvalue weighted by molar-refractivity contribution is -0.122. The van der Waals surface area contributed by atoms with Crippen molar-refractivity contribution >= 4 is 27.3 Å². The smallest absolute Gasteiger partial charge is 0.262 e. The van der Waals surface area contributed by atoms with Crippen LogP contribution in [-0.2, 0) is 21.2 Å². The average molecular weight is 406 g/mol. The van der Waals surface area contributed by atoms with E-state index in [-0.39, 0.29) is 22.4 Å². The van der Waals surface area contributed by atoms with E-state index in [4.69, 9.17) is 0 Å². The van der Waals surface area contributed by atoms with Crippen molar-refractivity contribution in [2.24, 2.45) is 5.92 Å². The van der Waals surface area contributed by atoms with Crippen LogP contribution in [0.1, 0.15) is 31.2 Å². The third-order valence-corrected chi connectivity index (χ3v) is 6.78. The van der Waals surface area contributed by atoms with Crippen molar-refractivity contribution < 1.29 is 22.0 Å². The number of amides is 1. The van der Waals surface area contributed by atoms with E-state index in [0.717, 1.165) is 49.8 Å². The first kappa shape index (κ1) is 18.9. The van der Waals surface area contributed by atoms with Gasteiger partial charge in [-0.25, -0.2) is 17.2 Å². The van der Waals surface area contributed by atoms with Gasteiger partial charge in [-0.1, -0.05) is 18.9 Å². The van der Waals surface area contributed by atoms with Gasteiger partial charge in [0.15, 0.2) is 11.6 Å². The van der Waals surface area contributed by atoms with Gasteiger partial charge >= 0.3 is 0 Å². The number of nitrogens with one attached hydrogen (secondary N) is 1. The van der Waals surface area contributed by atoms with Gasteiger partial charge in [0.1, 0.15) is 0 Å². The molecule has 1 fully saturated rings. The molecule has 28 heavy (non-hydrogen) atoms. The van der Waals surface area contributed by atoms with Crippen molar-refractivity contribution in [3.63, 3.8) is 0 Å². The highest BCUT2D eigenvalue weighted by Gasteiger charge is 2.32. The first-order valence-electron chi connectivity index (χ1n) is 9.27. The van der Waals surface area contributed by atoms with Gasteiger partial charge in [-0.2, -0.15) is 0 Å². The third-order valence-electron chi connectivity index (χ3n) is 5.40. The maximum atomic E-state index is 13.4. The van der Waals surface area contributed by atoms with E-state index >= 15 is 0 Å². The average Bonchev–Trinajstić information content (AvgIpc) is 3.32. The van der Waals surface area contributed by atoms with E-state index in [0.29, 0.717) is 18.3 Å². The van der Waals surface area contributed by atoms with Gasteiger partial charge in [-0.3, -0.25) is 9.52 Å². The van der Waals surface area contributed by atoms with Crippen LogP contribution in [0.2, 0.25) is 0 Å². The molecular formula is C20H20F2N2O3S. The summed E-state index contributed by atoms with van der Waals surface area (Å²) in [5.74, 6) is -2.21. The summed E-state index contributed by atoms with van der Waals surface area (Å²) in [4.78, 5) is 14.2. The van der Waals surface area contributed by atoms with Gasteiger partial charge in [-0.15, -0.1) is 0 Å². The number of nitrogens with zero attached hydrogens (tertiary/aromatic N) is 1. The minimum absolute atomic E-state index is 0.0356. The van der Waals surface area contributed by atoms with Gasteiger partial charge in [0.25, 0.3) is 10.0 Å². The van der Waals surface area contributed by atoms with Crippen molar-refractivity contribution in [2.75, 3.05) is 16.2 Å². The second-order valence-electron chi connectivity index (χ2n) is 7.25. The summed E-state index contributed by atoms with van der Waals surface area (Å²) in [5.41, 5.74) is 1.97. The predicted octanol–water partition coefficient (Wildman–Crippen LogP) is 3.84. The molecule has 0 saturated heterocycles. The molecule has 1 aliphatic carbocycles. The zero-order valence-corrected chi connectivity index (χ0v) is 15.9. The number of rotatable bonds is 4. The van der Waals surface area contributed by atoms with Crippen molar-refractivity contribution in [3.8, 4) is 0 Å². The summed E-state index contributed by atoms with van der Waals surface area (Å²) in [6.07, 6.45) is 4.64. The SMILES string of the molecule is O=C(C1CCCC1)N1CCc2ccc(NS(=O)(=O)c3ccc(F)c(F)c3)cc21. The molecule has 2 aromatic rings. The monoisotopic (exact) mass is 406 g/mol. The van der Waals surface area contributed by atoms with Gasteiger partial charge < -0.3 is 4.90 Å². The Bertz CT molecular complexity index is 1030. The fourth-order valence-electron chi connectivity index (χ4n) is 3.92. The Balaban J connectivity index is 1.59. The predicted molar refractivity (Wildman–Crippen MR) is 102 cm³/mol. The summed E-state index contributed by atoms with van der Waals surface area (Å²) >= 11 is 0. The Kier molecular flexibility index (Phi) is 4.82. The lowest BCUT2D eigenvalue weighted by Crippen LogP contribution is -2.33. The molecule has 1 amide bonds. The molecule has 5 nitrogen and oxygen atoms in total. The molecular weight excluding hydrogens is 386 g/mol. The molecule has 1 aliphatic heterocycles. The van der Waals surface area contributed by atoms with Crippen LogP contribution in [0.4, 0.5) is 20.2 Å². The standard InChI is InChI=1S/C20H20F2N2O3S/c21-17-8-7-16(12-18(17)22)28(26,27)23-15-6-5-13-9-10-24(19(13)11-15)20(25)14-3-1-2-4-14/h5-8,11-12,14,23H,1-4,9-10H2. The molecule has 148 valence electrons. The fourth-order valence-corrected chi connectivity index (χ4v) is 4.98. The Morgan fingerprint density at radius 3 is 2.50 bits per heavy atom. The Labute approximate surface area is 162 Å². The van der Waals surface area contributed by atoms with Crippen LogP contribution in [-0.4, -0.2) is 20.9 Å². The molecule has 0 unspecified atom stereocenters. The van der Waals surface area contributed by atoms with Gasteiger partial charge in [0.05, 0.1) is 10.6 Å². The topological polar surface area (TPSA) is 66.5 Å². The van der Waals surface area contributed by atoms with E-state index in [1.807, 2.05) is 0 Å². The van der Waals surface area contributed by atoms with Crippen LogP contribution >= 0.6 is 0 Å². The van der Waals surface area contributed by atoms with Crippen molar-refractivity contribution in [1.82, 2.24) is 0 Å². The minimum atomic E-state index is -4.08. The molecule has 4 rings (SSSR count). The number of hydrogen-bond donors (Lipinski definition) is 1. The number of benzene rings is 2. The molecule has 0 atom stereocenters. The number of hydrogen-bond acceptors (Lipinski definition) is 3. The second kappa shape index (κ2) is 7.16. The highest BCUT2D eigenvalue weighted by Crippen LogP contribution is 2.35. The number of carbonyl (C=O) groups excluding carboxylic acids is 1. The van der Waals surface area contributed by atoms with Crippen LogP contribution in [0.25, 0.3) is 0 Å². The normalized spacial score (nSPS) is 17.0. The maximum absolute atomic E-state index is 13.4. The zero-order valence-electron chi connectivity index (χ0n) is 15.1. The number of anilines is 2. The van der Waals surface area contributed by atoms with Crippen molar-refractivity contribution in [2.45, 2.75) is 37.0 Å². The first-order valence-corrected chi connectivity index (χ1v) is 10.8. The highest BCUT2D eigenvalue weighted by atomic mass is 32.2. The Morgan fingerprint density at radius 2 is 1.79 bits per heavy atom. The third kappa shape index (κ3) is 3.48. The van der Waals surface area contributed by atoms with Gasteiger partial charge in [-0.05, 0) is 55.2 Å². The number of sulfonamides is 1. The lowest BCUT2D eigenvalue weighted by atomic mass is 10.1. The molecule has 0 radical (unpaired) electrons. The zero-order chi connectivity index (χ0) is 19.9. The summed E-state index contributed by atoms with van der Waals surface area (Å²) in [5, 5.41) is 0. The van der Waals surface area contributed by atoms with Crippen LogP contribution in [0.5, 0.6) is 0 Å². The molecule has 0 bridgehead atoms. The van der Waals surface area contributed by atoms with Crippen LogP contribution in [0.15, 0.2) is 41.3 Å². The highest BCUT2D eigenvalue weighted by molar-refractivity contribution is 7.92. The van der Waals surface area contributed by atoms with Crippen molar-refractivity contribution in [1.29, 1.82) is 0 Å². The summed E-state index contributed by atoms with van der Waals surface area (Å²) in [6.45, 7) is 0.587. The van der Waals surface area contributed by atoms with Crippen LogP contribution in [0.3, 0.4) is 0 Å². The summed E-state index contributed by atoms with van der Waals surface area (Å²) in [6, 6.07) is 7.45. The van der Waals surface area contributed by atoms with Gasteiger partial charge in [0.2, 0.25) is 5.91 Å².